The fourth-order valence-corrected chi connectivity index (χ4v) is 14.5. The van der Waals surface area contributed by atoms with Gasteiger partial charge in [0.05, 0.1) is 23.8 Å². The third-order valence-electron chi connectivity index (χ3n) is 19.6. The molecule has 25 nitrogen and oxygen atoms in total. The highest BCUT2D eigenvalue weighted by atomic mass is 16.6. The van der Waals surface area contributed by atoms with Crippen molar-refractivity contribution >= 4 is 69.7 Å². The van der Waals surface area contributed by atoms with Gasteiger partial charge in [0.25, 0.3) is 0 Å². The van der Waals surface area contributed by atoms with Gasteiger partial charge in [-0.3, -0.25) is 48.5 Å². The minimum absolute atomic E-state index is 0.0296. The average Bonchev–Trinajstić information content (AvgIpc) is 1.72. The van der Waals surface area contributed by atoms with Crippen molar-refractivity contribution in [1.82, 2.24) is 47.5 Å². The first-order chi connectivity index (χ1) is 41.8. The van der Waals surface area contributed by atoms with E-state index in [0.717, 1.165) is 42.9 Å². The molecule has 3 saturated carbocycles. The number of aliphatic hydroxyl groups is 1. The molecule has 1 aromatic carbocycles. The van der Waals surface area contributed by atoms with E-state index in [0.29, 0.717) is 74.6 Å². The fourth-order valence-electron chi connectivity index (χ4n) is 14.5. The fraction of sp³-hybridized carbons (Fsp3) is 0.746. The van der Waals surface area contributed by atoms with E-state index in [9.17, 15) is 53.6 Å². The molecule has 6 rings (SSSR count). The number of benzene rings is 1. The van der Waals surface area contributed by atoms with Crippen molar-refractivity contribution in [1.29, 1.82) is 0 Å². The number of unbranched alkanes of at least 4 members (excludes halogenated alkanes) is 3. The van der Waals surface area contributed by atoms with Crippen molar-refractivity contribution in [3.8, 4) is 0 Å². The van der Waals surface area contributed by atoms with Crippen LogP contribution in [0, 0.1) is 62.4 Å². The molecule has 0 saturated heterocycles. The minimum Gasteiger partial charge on any atom is -0.461 e. The number of nitrogens with zero attached hydrogens (tertiary/aromatic N) is 3. The van der Waals surface area contributed by atoms with Crippen molar-refractivity contribution in [3.05, 3.63) is 33.9 Å². The molecule has 4 aliphatic rings. The molecule has 4 aliphatic carbocycles. The van der Waals surface area contributed by atoms with E-state index in [-0.39, 0.29) is 52.9 Å². The maximum atomic E-state index is 13.6. The Morgan fingerprint density at radius 1 is 0.727 bits per heavy atom. The lowest BCUT2D eigenvalue weighted by Crippen LogP contribution is -2.59. The van der Waals surface area contributed by atoms with Crippen LogP contribution in [0.25, 0.3) is 11.0 Å². The molecule has 1 heterocycles. The van der Waals surface area contributed by atoms with Gasteiger partial charge in [0.2, 0.25) is 46.9 Å². The minimum atomic E-state index is -1.53. The van der Waals surface area contributed by atoms with Crippen LogP contribution in [0.15, 0.2) is 28.4 Å². The van der Waals surface area contributed by atoms with Gasteiger partial charge in [0.15, 0.2) is 5.52 Å². The number of fused-ring (bicyclic) bond motifs is 6. The zero-order valence-corrected chi connectivity index (χ0v) is 53.3. The first-order valence-electron chi connectivity index (χ1n) is 32.2. The Labute approximate surface area is 517 Å². The molecular formula is C63H100N12O13. The zero-order chi connectivity index (χ0) is 64.5. The molecule has 2 aromatic rings. The van der Waals surface area contributed by atoms with Gasteiger partial charge < -0.3 is 58.1 Å². The van der Waals surface area contributed by atoms with Gasteiger partial charge >= 0.3 is 11.7 Å². The molecule has 13 atom stereocenters. The number of nitro benzene ring substituents is 1. The lowest BCUT2D eigenvalue weighted by atomic mass is 9.47. The monoisotopic (exact) mass is 1230 g/mol. The van der Waals surface area contributed by atoms with E-state index in [1.165, 1.54) is 76.5 Å². The number of hydrogen-bond acceptors (Lipinski definition) is 17. The lowest BCUT2D eigenvalue weighted by Gasteiger charge is -2.58. The third kappa shape index (κ3) is 18.4. The Balaban J connectivity index is 0.882. The molecule has 1 aromatic heterocycles. The molecule has 11 N–H and O–H groups in total. The van der Waals surface area contributed by atoms with Crippen molar-refractivity contribution in [3.63, 3.8) is 0 Å². The number of carbonyl (C=O) groups excluding carboxylic acids is 8. The molecule has 0 spiro atoms. The maximum absolute atomic E-state index is 13.6. The zero-order valence-electron chi connectivity index (χ0n) is 53.3. The summed E-state index contributed by atoms with van der Waals surface area (Å²) in [5.41, 5.74) is 8.11. The lowest BCUT2D eigenvalue weighted by molar-refractivity contribution is -0.383. The van der Waals surface area contributed by atoms with Gasteiger partial charge in [-0.2, -0.15) is 0 Å². The summed E-state index contributed by atoms with van der Waals surface area (Å²) in [7, 11) is 0. The van der Waals surface area contributed by atoms with Gasteiger partial charge in [-0.15, -0.1) is 0 Å². The van der Waals surface area contributed by atoms with Crippen molar-refractivity contribution in [2.45, 2.75) is 214 Å². The number of non-ortho nitro benzene ring substituents is 1. The number of aliphatic hydroxyl groups excluding tert-OH is 1. The highest BCUT2D eigenvalue weighted by molar-refractivity contribution is 5.97. The van der Waals surface area contributed by atoms with Crippen LogP contribution in [0.1, 0.15) is 178 Å². The number of esters is 1. The van der Waals surface area contributed by atoms with E-state index in [4.69, 9.17) is 15.1 Å². The highest BCUT2D eigenvalue weighted by Gasteiger charge is 2.59. The number of nitrogens with two attached hydrogens (primary N) is 1. The number of amides is 7. The normalized spacial score (nSPS) is 24.1. The molecule has 88 heavy (non-hydrogen) atoms. The summed E-state index contributed by atoms with van der Waals surface area (Å²) in [6.07, 6.45) is 17.6. The predicted molar refractivity (Wildman–Crippen MR) is 330 cm³/mol. The SMILES string of the molecule is CC(C)CCC[C@@H](C)[C@H]1CC[C@H]2[C@@H]3CC=C4C[C@@H](OC(=O)CNC(=O)CNC(=O)[C@H](CO)NC(=O)[C@H](CCCCN)NC(=O)[C@H](C)NC(=O)[C@H](C)NC(=O)[C@@H](NC(=O)CCCCCNc5ccc([N+](=O)[O-])c6nonc56)C(C)C)CC[C@]4(C)[C@H]3CC[C@]12C. The van der Waals surface area contributed by atoms with E-state index >= 15 is 0 Å². The molecule has 3 fully saturated rings. The summed E-state index contributed by atoms with van der Waals surface area (Å²) in [5, 5.41) is 49.7. The van der Waals surface area contributed by atoms with Gasteiger partial charge in [-0.05, 0) is 166 Å². The molecule has 25 heteroatoms. The Hall–Kier alpha value is -6.76. The van der Waals surface area contributed by atoms with Crippen LogP contribution in [0.3, 0.4) is 0 Å². The number of rotatable bonds is 34. The van der Waals surface area contributed by atoms with Crippen molar-refractivity contribution in [2.75, 3.05) is 38.1 Å². The standard InChI is InChI=1S/C63H100N12O13/c1-36(2)16-15-17-38(5)44-22-23-45-43-21-20-41-32-42(26-28-62(41,8)46(43)27-29-63(44,45)9)87-53(79)34-66-52(78)33-67-59(82)49(35-76)71-60(83)48(18-12-13-30-64)70-58(81)40(7)68-57(80)39(6)69-61(84)54(37(3)4)72-51(77)19-11-10-14-31-65-47-24-25-50(75(85)86)56-55(47)73-88-74-56/h20,24-25,36-40,42-46,48-49,54,65,76H,10-19,21-23,26-35,64H2,1-9H3,(H,66,78)(H,67,82)(H,68,80)(H,69,84)(H,70,81)(H,71,83)(H,72,77)/t38-,39+,40+,42+,43+,44-,45+,46+,48+,49+,54+,62+,63-/m1/s1. The predicted octanol–water partition coefficient (Wildman–Crippen LogP) is 5.53. The van der Waals surface area contributed by atoms with Crippen LogP contribution >= 0.6 is 0 Å². The summed E-state index contributed by atoms with van der Waals surface area (Å²) in [6.45, 7) is 17.4. The first-order valence-corrected chi connectivity index (χ1v) is 32.2. The second-order valence-corrected chi connectivity index (χ2v) is 26.6. The van der Waals surface area contributed by atoms with Gasteiger partial charge in [0, 0.05) is 25.5 Å². The van der Waals surface area contributed by atoms with Crippen molar-refractivity contribution < 1.29 is 57.8 Å². The Morgan fingerprint density at radius 3 is 2.12 bits per heavy atom. The largest absolute Gasteiger partial charge is 0.461 e. The van der Waals surface area contributed by atoms with Crippen LogP contribution in [0.5, 0.6) is 0 Å². The molecule has 7 amide bonds. The van der Waals surface area contributed by atoms with Gasteiger partial charge in [-0.25, -0.2) is 4.63 Å². The topological polar surface area (TPSA) is 370 Å². The smallest absolute Gasteiger partial charge is 0.325 e. The van der Waals surface area contributed by atoms with Crippen LogP contribution in [-0.4, -0.2) is 137 Å². The van der Waals surface area contributed by atoms with E-state index in [1.54, 1.807) is 13.8 Å². The number of aromatic nitrogens is 2. The Bertz CT molecular complexity index is 2790. The molecular weight excluding hydrogens is 1130 g/mol. The van der Waals surface area contributed by atoms with Crippen LogP contribution in [0.4, 0.5) is 11.4 Å². The Kier molecular flexibility index (Phi) is 26.1. The third-order valence-corrected chi connectivity index (χ3v) is 19.6. The number of allylic oxidation sites excluding steroid dienone is 1. The second-order valence-electron chi connectivity index (χ2n) is 26.6. The summed E-state index contributed by atoms with van der Waals surface area (Å²) in [6, 6.07) is -3.30. The average molecular weight is 1230 g/mol. The molecule has 0 bridgehead atoms. The number of nitro groups is 1. The highest BCUT2D eigenvalue weighted by Crippen LogP contribution is 2.67. The Morgan fingerprint density at radius 2 is 1.43 bits per heavy atom. The maximum Gasteiger partial charge on any atom is 0.325 e. The van der Waals surface area contributed by atoms with Crippen LogP contribution < -0.4 is 48.3 Å². The van der Waals surface area contributed by atoms with Gasteiger partial charge in [0.1, 0.15) is 42.9 Å². The van der Waals surface area contributed by atoms with Gasteiger partial charge in [-0.1, -0.05) is 85.8 Å². The van der Waals surface area contributed by atoms with E-state index < -0.39 is 96.2 Å². The molecule has 0 unspecified atom stereocenters. The summed E-state index contributed by atoms with van der Waals surface area (Å²) in [5.74, 6) is -1.52. The molecule has 0 aliphatic heterocycles. The molecule has 490 valence electrons. The number of anilines is 1. The number of carbonyl (C=O) groups is 8. The number of nitrogens with one attached hydrogen (secondary N) is 8. The summed E-state index contributed by atoms with van der Waals surface area (Å²) in [4.78, 5) is 117. The van der Waals surface area contributed by atoms with E-state index in [1.807, 2.05) is 0 Å². The van der Waals surface area contributed by atoms with Crippen LogP contribution in [-0.2, 0) is 43.1 Å². The van der Waals surface area contributed by atoms with Crippen molar-refractivity contribution in [2.24, 2.45) is 58.0 Å². The number of hydrogen-bond donors (Lipinski definition) is 10. The summed E-state index contributed by atoms with van der Waals surface area (Å²) >= 11 is 0. The number of ether oxygens (including phenoxy) is 1. The van der Waals surface area contributed by atoms with Crippen LogP contribution in [0.2, 0.25) is 0 Å². The molecule has 0 radical (unpaired) electrons. The quantitative estimate of drug-likeness (QED) is 0.0135. The van der Waals surface area contributed by atoms with E-state index in [2.05, 4.69) is 93.5 Å². The summed E-state index contributed by atoms with van der Waals surface area (Å²) < 4.78 is 10.6. The first kappa shape index (κ1) is 70.3. The second kappa shape index (κ2) is 32.6.